The molecule has 0 atom stereocenters. The second-order valence-electron chi connectivity index (χ2n) is 6.93. The van der Waals surface area contributed by atoms with Crippen LogP contribution in [0, 0.1) is 13.8 Å². The van der Waals surface area contributed by atoms with Gasteiger partial charge >= 0.3 is 0 Å². The molecule has 3 rings (SSSR count). The lowest BCUT2D eigenvalue weighted by atomic mass is 10.0. The summed E-state index contributed by atoms with van der Waals surface area (Å²) in [4.78, 5) is 21.1. The fraction of sp³-hybridized carbons (Fsp3) is 0.227. The zero-order valence-electron chi connectivity index (χ0n) is 16.1. The normalized spacial score (nSPS) is 10.7. The lowest BCUT2D eigenvalue weighted by Gasteiger charge is -2.13. The number of aryl methyl sites for hydroxylation is 2. The Balaban J connectivity index is 1.72. The van der Waals surface area contributed by atoms with Crippen molar-refractivity contribution in [2.75, 3.05) is 10.6 Å². The van der Waals surface area contributed by atoms with E-state index in [4.69, 9.17) is 0 Å². The van der Waals surface area contributed by atoms with E-state index in [0.29, 0.717) is 11.7 Å². The lowest BCUT2D eigenvalue weighted by molar-refractivity contribution is 0.102. The van der Waals surface area contributed by atoms with E-state index < -0.39 is 0 Å². The SMILES string of the molecule is Cc1ccc(Nc2cnc(C(=O)Nc3ccccc3C(C)C)cn2)c(C)c1. The molecule has 5 nitrogen and oxygen atoms in total. The number of hydrogen-bond donors (Lipinski definition) is 2. The smallest absolute Gasteiger partial charge is 0.275 e. The van der Waals surface area contributed by atoms with E-state index in [-0.39, 0.29) is 11.6 Å². The number of carbonyl (C=O) groups excluding carboxylic acids is 1. The molecule has 0 aliphatic carbocycles. The van der Waals surface area contributed by atoms with Gasteiger partial charge in [-0.15, -0.1) is 0 Å². The van der Waals surface area contributed by atoms with E-state index in [1.807, 2.05) is 43.3 Å². The highest BCUT2D eigenvalue weighted by molar-refractivity contribution is 6.03. The summed E-state index contributed by atoms with van der Waals surface area (Å²) in [6.07, 6.45) is 3.06. The molecule has 2 aromatic carbocycles. The topological polar surface area (TPSA) is 66.9 Å². The summed E-state index contributed by atoms with van der Waals surface area (Å²) in [7, 11) is 0. The van der Waals surface area contributed by atoms with Crippen molar-refractivity contribution < 1.29 is 4.79 Å². The highest BCUT2D eigenvalue weighted by atomic mass is 16.1. The number of benzene rings is 2. The minimum Gasteiger partial charge on any atom is -0.339 e. The summed E-state index contributed by atoms with van der Waals surface area (Å²) in [6.45, 7) is 8.29. The third-order valence-electron chi connectivity index (χ3n) is 4.36. The first-order chi connectivity index (χ1) is 12.9. The molecular formula is C22H24N4O. The summed E-state index contributed by atoms with van der Waals surface area (Å²) < 4.78 is 0. The number of para-hydroxylation sites is 1. The number of anilines is 3. The van der Waals surface area contributed by atoms with Gasteiger partial charge in [0, 0.05) is 11.4 Å². The second-order valence-corrected chi connectivity index (χ2v) is 6.93. The summed E-state index contributed by atoms with van der Waals surface area (Å²) >= 11 is 0. The molecule has 0 saturated carbocycles. The Kier molecular flexibility index (Phi) is 5.50. The van der Waals surface area contributed by atoms with Crippen LogP contribution in [0.25, 0.3) is 0 Å². The van der Waals surface area contributed by atoms with Gasteiger partial charge in [0.15, 0.2) is 0 Å². The van der Waals surface area contributed by atoms with Crippen LogP contribution in [-0.2, 0) is 0 Å². The van der Waals surface area contributed by atoms with Gasteiger partial charge in [-0.2, -0.15) is 0 Å². The van der Waals surface area contributed by atoms with Crippen molar-refractivity contribution in [1.29, 1.82) is 0 Å². The second kappa shape index (κ2) is 7.99. The van der Waals surface area contributed by atoms with Crippen molar-refractivity contribution >= 4 is 23.1 Å². The van der Waals surface area contributed by atoms with Crippen molar-refractivity contribution in [3.05, 3.63) is 77.2 Å². The highest BCUT2D eigenvalue weighted by Crippen LogP contribution is 2.24. The van der Waals surface area contributed by atoms with Crippen LogP contribution in [0.4, 0.5) is 17.2 Å². The highest BCUT2D eigenvalue weighted by Gasteiger charge is 2.12. The Morgan fingerprint density at radius 3 is 2.41 bits per heavy atom. The van der Waals surface area contributed by atoms with Crippen molar-refractivity contribution in [3.63, 3.8) is 0 Å². The quantitative estimate of drug-likeness (QED) is 0.655. The average molecular weight is 360 g/mol. The predicted octanol–water partition coefficient (Wildman–Crippen LogP) is 5.21. The molecule has 3 aromatic rings. The third kappa shape index (κ3) is 4.50. The van der Waals surface area contributed by atoms with Crippen LogP contribution in [-0.4, -0.2) is 15.9 Å². The van der Waals surface area contributed by atoms with Gasteiger partial charge in [0.2, 0.25) is 0 Å². The maximum atomic E-state index is 12.5. The van der Waals surface area contributed by atoms with E-state index in [1.54, 1.807) is 6.20 Å². The fourth-order valence-electron chi connectivity index (χ4n) is 2.90. The molecular weight excluding hydrogens is 336 g/mol. The maximum absolute atomic E-state index is 12.5. The number of nitrogens with zero attached hydrogens (tertiary/aromatic N) is 2. The third-order valence-corrected chi connectivity index (χ3v) is 4.36. The number of nitrogens with one attached hydrogen (secondary N) is 2. The molecule has 1 heterocycles. The summed E-state index contributed by atoms with van der Waals surface area (Å²) in [5.41, 5.74) is 5.48. The average Bonchev–Trinajstić information content (AvgIpc) is 2.65. The van der Waals surface area contributed by atoms with Crippen molar-refractivity contribution in [2.45, 2.75) is 33.6 Å². The summed E-state index contributed by atoms with van der Waals surface area (Å²) in [5.74, 6) is 0.645. The van der Waals surface area contributed by atoms with Crippen LogP contribution in [0.5, 0.6) is 0 Å². The molecule has 138 valence electrons. The Morgan fingerprint density at radius 1 is 0.963 bits per heavy atom. The van der Waals surface area contributed by atoms with E-state index in [9.17, 15) is 4.79 Å². The van der Waals surface area contributed by atoms with Crippen molar-refractivity contribution in [1.82, 2.24) is 9.97 Å². The maximum Gasteiger partial charge on any atom is 0.275 e. The molecule has 0 fully saturated rings. The predicted molar refractivity (Wildman–Crippen MR) is 110 cm³/mol. The number of amides is 1. The first-order valence-corrected chi connectivity index (χ1v) is 9.00. The monoisotopic (exact) mass is 360 g/mol. The molecule has 1 aromatic heterocycles. The van der Waals surface area contributed by atoms with Crippen LogP contribution in [0.2, 0.25) is 0 Å². The largest absolute Gasteiger partial charge is 0.339 e. The van der Waals surface area contributed by atoms with E-state index in [0.717, 1.165) is 22.5 Å². The van der Waals surface area contributed by atoms with Gasteiger partial charge in [0.05, 0.1) is 12.4 Å². The molecule has 0 spiro atoms. The first kappa shape index (κ1) is 18.6. The molecule has 0 unspecified atom stereocenters. The molecule has 0 radical (unpaired) electrons. The zero-order valence-corrected chi connectivity index (χ0v) is 16.1. The molecule has 5 heteroatoms. The molecule has 0 aliphatic rings. The Labute approximate surface area is 159 Å². The van der Waals surface area contributed by atoms with E-state index >= 15 is 0 Å². The molecule has 0 saturated heterocycles. The van der Waals surface area contributed by atoms with E-state index in [1.165, 1.54) is 11.8 Å². The zero-order chi connectivity index (χ0) is 19.4. The van der Waals surface area contributed by atoms with Gasteiger partial charge < -0.3 is 10.6 Å². The number of rotatable bonds is 5. The minimum atomic E-state index is -0.270. The van der Waals surface area contributed by atoms with Crippen LogP contribution in [0.1, 0.15) is 46.9 Å². The Hall–Kier alpha value is -3.21. The van der Waals surface area contributed by atoms with Gasteiger partial charge in [-0.1, -0.05) is 49.7 Å². The van der Waals surface area contributed by atoms with Gasteiger partial charge in [0.1, 0.15) is 11.5 Å². The molecule has 0 aliphatic heterocycles. The van der Waals surface area contributed by atoms with Gasteiger partial charge in [0.25, 0.3) is 5.91 Å². The van der Waals surface area contributed by atoms with Crippen LogP contribution in [0.15, 0.2) is 54.9 Å². The molecule has 27 heavy (non-hydrogen) atoms. The number of carbonyl (C=O) groups is 1. The van der Waals surface area contributed by atoms with Gasteiger partial charge in [-0.3, -0.25) is 4.79 Å². The fourth-order valence-corrected chi connectivity index (χ4v) is 2.90. The molecule has 2 N–H and O–H groups in total. The minimum absolute atomic E-state index is 0.270. The Bertz CT molecular complexity index is 949. The lowest BCUT2D eigenvalue weighted by Crippen LogP contribution is -2.15. The van der Waals surface area contributed by atoms with Crippen LogP contribution < -0.4 is 10.6 Å². The molecule has 0 bridgehead atoms. The van der Waals surface area contributed by atoms with Gasteiger partial charge in [-0.25, -0.2) is 9.97 Å². The first-order valence-electron chi connectivity index (χ1n) is 9.00. The van der Waals surface area contributed by atoms with Gasteiger partial charge in [-0.05, 0) is 43.0 Å². The van der Waals surface area contributed by atoms with Crippen LogP contribution >= 0.6 is 0 Å². The van der Waals surface area contributed by atoms with Crippen molar-refractivity contribution in [2.24, 2.45) is 0 Å². The Morgan fingerprint density at radius 2 is 1.74 bits per heavy atom. The summed E-state index contributed by atoms with van der Waals surface area (Å²) in [5, 5.41) is 6.16. The number of hydrogen-bond acceptors (Lipinski definition) is 4. The molecule has 1 amide bonds. The van der Waals surface area contributed by atoms with E-state index in [2.05, 4.69) is 47.4 Å². The van der Waals surface area contributed by atoms with Crippen molar-refractivity contribution in [3.8, 4) is 0 Å². The standard InChI is InChI=1S/C22H24N4O/c1-14(2)17-7-5-6-8-19(17)26-22(27)20-12-24-21(13-23-20)25-18-10-9-15(3)11-16(18)4/h5-14H,1-4H3,(H,24,25)(H,26,27). The van der Waals surface area contributed by atoms with Crippen LogP contribution in [0.3, 0.4) is 0 Å². The summed E-state index contributed by atoms with van der Waals surface area (Å²) in [6, 6.07) is 13.9. The number of aromatic nitrogens is 2.